The van der Waals surface area contributed by atoms with Gasteiger partial charge >= 0.3 is 0 Å². The zero-order valence-corrected chi connectivity index (χ0v) is 20.0. The predicted molar refractivity (Wildman–Crippen MR) is 127 cm³/mol. The highest BCUT2D eigenvalue weighted by Crippen LogP contribution is 2.36. The standard InChI is InChI=1S/C24H28FN5O3S/c1-16-20-21(30(27-16)19-6-4-18(25)5-7-19)26-23(34-20)29-10-2-3-17(15-29)22(31)28-11-8-24(9-12-28)32-13-14-33-24/h4-7,17H,2-3,8-15H2,1H3/t17-/m0/s1. The smallest absolute Gasteiger partial charge is 0.227 e. The van der Waals surface area contributed by atoms with Gasteiger partial charge in [0.25, 0.3) is 0 Å². The molecule has 6 rings (SSSR count). The fourth-order valence-corrected chi connectivity index (χ4v) is 6.31. The number of nitrogens with zero attached hydrogens (tertiary/aromatic N) is 5. The molecule has 1 amide bonds. The van der Waals surface area contributed by atoms with Gasteiger partial charge in [0.15, 0.2) is 16.6 Å². The summed E-state index contributed by atoms with van der Waals surface area (Å²) in [5.41, 5.74) is 2.45. The minimum Gasteiger partial charge on any atom is -0.347 e. The van der Waals surface area contributed by atoms with Gasteiger partial charge in [0.2, 0.25) is 5.91 Å². The van der Waals surface area contributed by atoms with Crippen molar-refractivity contribution >= 4 is 32.7 Å². The second kappa shape index (κ2) is 8.58. The van der Waals surface area contributed by atoms with E-state index in [1.807, 2.05) is 11.8 Å². The van der Waals surface area contributed by atoms with Crippen molar-refractivity contribution in [1.82, 2.24) is 19.7 Å². The maximum atomic E-state index is 13.4. The summed E-state index contributed by atoms with van der Waals surface area (Å²) >= 11 is 1.61. The molecule has 8 nitrogen and oxygen atoms in total. The maximum absolute atomic E-state index is 13.4. The average Bonchev–Trinajstić information content (AvgIpc) is 3.57. The SMILES string of the molecule is Cc1nn(-c2ccc(F)cc2)c2nc(N3CCC[C@H](C(=O)N4CCC5(CC4)OCCO5)C3)sc12. The number of fused-ring (bicyclic) bond motifs is 1. The van der Waals surface area contributed by atoms with Gasteiger partial charge in [-0.25, -0.2) is 9.07 Å². The van der Waals surface area contributed by atoms with Crippen LogP contribution in [0.25, 0.3) is 16.0 Å². The van der Waals surface area contributed by atoms with E-state index in [0.717, 1.165) is 59.1 Å². The number of likely N-dealkylation sites (tertiary alicyclic amines) is 1. The first-order valence-electron chi connectivity index (χ1n) is 12.0. The van der Waals surface area contributed by atoms with E-state index >= 15 is 0 Å². The molecule has 0 N–H and O–H groups in total. The van der Waals surface area contributed by atoms with Crippen LogP contribution in [0.5, 0.6) is 0 Å². The monoisotopic (exact) mass is 485 g/mol. The lowest BCUT2D eigenvalue weighted by molar-refractivity contribution is -0.188. The Bertz CT molecular complexity index is 1190. The van der Waals surface area contributed by atoms with Gasteiger partial charge in [-0.2, -0.15) is 10.1 Å². The normalized spacial score (nSPS) is 22.7. The third-order valence-electron chi connectivity index (χ3n) is 7.14. The molecule has 5 heterocycles. The van der Waals surface area contributed by atoms with Gasteiger partial charge in [0.05, 0.1) is 35.2 Å². The first-order valence-corrected chi connectivity index (χ1v) is 12.8. The Morgan fingerprint density at radius 1 is 1.15 bits per heavy atom. The van der Waals surface area contributed by atoms with Crippen LogP contribution in [0.2, 0.25) is 0 Å². The number of rotatable bonds is 3. The summed E-state index contributed by atoms with van der Waals surface area (Å²) in [4.78, 5) is 22.5. The third kappa shape index (κ3) is 3.87. The zero-order valence-electron chi connectivity index (χ0n) is 19.2. The summed E-state index contributed by atoms with van der Waals surface area (Å²) in [5, 5.41) is 5.52. The van der Waals surface area contributed by atoms with Crippen LogP contribution in [0.4, 0.5) is 9.52 Å². The number of anilines is 1. The number of ether oxygens (including phenoxy) is 2. The van der Waals surface area contributed by atoms with Crippen LogP contribution in [0.3, 0.4) is 0 Å². The number of hydrogen-bond acceptors (Lipinski definition) is 7. The van der Waals surface area contributed by atoms with Crippen molar-refractivity contribution in [1.29, 1.82) is 0 Å². The minimum atomic E-state index is -0.466. The number of halogens is 1. The number of carbonyl (C=O) groups excluding carboxylic acids is 1. The van der Waals surface area contributed by atoms with Gasteiger partial charge in [0, 0.05) is 39.0 Å². The maximum Gasteiger partial charge on any atom is 0.227 e. The van der Waals surface area contributed by atoms with Crippen molar-refractivity contribution < 1.29 is 18.7 Å². The van der Waals surface area contributed by atoms with Crippen LogP contribution in [-0.2, 0) is 14.3 Å². The molecule has 0 bridgehead atoms. The Kier molecular flexibility index (Phi) is 5.54. The molecule has 34 heavy (non-hydrogen) atoms. The molecule has 0 radical (unpaired) electrons. The highest BCUT2D eigenvalue weighted by atomic mass is 32.1. The molecule has 1 spiro atoms. The summed E-state index contributed by atoms with van der Waals surface area (Å²) in [6.45, 7) is 6.18. The fraction of sp³-hybridized carbons (Fsp3) is 0.542. The van der Waals surface area contributed by atoms with Gasteiger partial charge in [-0.3, -0.25) is 4.79 Å². The van der Waals surface area contributed by atoms with Crippen LogP contribution >= 0.6 is 11.3 Å². The third-order valence-corrected chi connectivity index (χ3v) is 8.35. The van der Waals surface area contributed by atoms with Gasteiger partial charge < -0.3 is 19.3 Å². The number of aromatic nitrogens is 3. The summed E-state index contributed by atoms with van der Waals surface area (Å²) in [7, 11) is 0. The number of hydrogen-bond donors (Lipinski definition) is 0. The molecule has 3 aromatic rings. The second-order valence-electron chi connectivity index (χ2n) is 9.34. The molecule has 2 aromatic heterocycles. The summed E-state index contributed by atoms with van der Waals surface area (Å²) in [6, 6.07) is 6.28. The molecule has 1 atom stereocenters. The summed E-state index contributed by atoms with van der Waals surface area (Å²) < 4.78 is 27.8. The van der Waals surface area contributed by atoms with Gasteiger partial charge in [-0.05, 0) is 44.0 Å². The van der Waals surface area contributed by atoms with Gasteiger partial charge in [-0.15, -0.1) is 0 Å². The lowest BCUT2D eigenvalue weighted by Crippen LogP contribution is -2.51. The molecule has 3 saturated heterocycles. The lowest BCUT2D eigenvalue weighted by atomic mass is 9.95. The Hall–Kier alpha value is -2.56. The number of amides is 1. The van der Waals surface area contributed by atoms with E-state index in [4.69, 9.17) is 14.5 Å². The van der Waals surface area contributed by atoms with Gasteiger partial charge in [-0.1, -0.05) is 11.3 Å². The minimum absolute atomic E-state index is 0.0325. The first-order chi connectivity index (χ1) is 16.5. The average molecular weight is 486 g/mol. The van der Waals surface area contributed by atoms with Crippen LogP contribution in [-0.4, -0.2) is 70.8 Å². The van der Waals surface area contributed by atoms with E-state index < -0.39 is 5.79 Å². The topological polar surface area (TPSA) is 72.7 Å². The fourth-order valence-electron chi connectivity index (χ4n) is 5.28. The predicted octanol–water partition coefficient (Wildman–Crippen LogP) is 3.51. The van der Waals surface area contributed by atoms with Crippen molar-refractivity contribution in [3.63, 3.8) is 0 Å². The summed E-state index contributed by atoms with van der Waals surface area (Å²) in [6.07, 6.45) is 3.34. The van der Waals surface area contributed by atoms with Crippen molar-refractivity contribution in [3.05, 3.63) is 35.8 Å². The Morgan fingerprint density at radius 3 is 2.62 bits per heavy atom. The van der Waals surface area contributed by atoms with Gasteiger partial charge in [0.1, 0.15) is 5.82 Å². The second-order valence-corrected chi connectivity index (χ2v) is 10.3. The van der Waals surface area contributed by atoms with Crippen LogP contribution in [0.1, 0.15) is 31.4 Å². The van der Waals surface area contributed by atoms with Crippen LogP contribution < -0.4 is 4.90 Å². The number of thiazole rings is 1. The van der Waals surface area contributed by atoms with E-state index in [9.17, 15) is 9.18 Å². The molecule has 0 unspecified atom stereocenters. The molecule has 0 saturated carbocycles. The van der Waals surface area contributed by atoms with Crippen molar-refractivity contribution in [2.24, 2.45) is 5.92 Å². The number of aryl methyl sites for hydroxylation is 1. The van der Waals surface area contributed by atoms with Crippen LogP contribution in [0.15, 0.2) is 24.3 Å². The van der Waals surface area contributed by atoms with E-state index in [2.05, 4.69) is 10.00 Å². The first kappa shape index (κ1) is 21.9. The number of benzene rings is 1. The largest absolute Gasteiger partial charge is 0.347 e. The lowest BCUT2D eigenvalue weighted by Gasteiger charge is -2.40. The molecule has 1 aromatic carbocycles. The molecule has 3 aliphatic rings. The molecule has 10 heteroatoms. The van der Waals surface area contributed by atoms with Crippen molar-refractivity contribution in [2.45, 2.75) is 38.4 Å². The Morgan fingerprint density at radius 2 is 1.88 bits per heavy atom. The van der Waals surface area contributed by atoms with Crippen molar-refractivity contribution in [3.8, 4) is 5.69 Å². The summed E-state index contributed by atoms with van der Waals surface area (Å²) in [5.74, 6) is -0.548. The number of piperidine rings is 2. The highest BCUT2D eigenvalue weighted by Gasteiger charge is 2.42. The molecular weight excluding hydrogens is 457 g/mol. The molecule has 180 valence electrons. The highest BCUT2D eigenvalue weighted by molar-refractivity contribution is 7.22. The van der Waals surface area contributed by atoms with Crippen molar-refractivity contribution in [2.75, 3.05) is 44.3 Å². The molecule has 3 fully saturated rings. The van der Waals surface area contributed by atoms with E-state index in [1.165, 1.54) is 12.1 Å². The molecule has 3 aliphatic heterocycles. The van der Waals surface area contributed by atoms with Crippen LogP contribution in [0, 0.1) is 18.7 Å². The van der Waals surface area contributed by atoms with E-state index in [1.54, 1.807) is 28.2 Å². The number of carbonyl (C=O) groups is 1. The van der Waals surface area contributed by atoms with E-state index in [-0.39, 0.29) is 17.6 Å². The Balaban J connectivity index is 1.18. The quantitative estimate of drug-likeness (QED) is 0.565. The molecular formula is C24H28FN5O3S. The van der Waals surface area contributed by atoms with E-state index in [0.29, 0.717) is 32.8 Å². The Labute approximate surface area is 201 Å². The zero-order chi connectivity index (χ0) is 23.3. The molecule has 0 aliphatic carbocycles.